The zero-order chi connectivity index (χ0) is 24.0. The van der Waals surface area contributed by atoms with E-state index in [0.29, 0.717) is 27.4 Å². The molecule has 0 aliphatic rings. The molecule has 0 saturated carbocycles. The van der Waals surface area contributed by atoms with Crippen molar-refractivity contribution in [3.63, 3.8) is 0 Å². The molecule has 0 unspecified atom stereocenters. The van der Waals surface area contributed by atoms with Crippen molar-refractivity contribution in [3.05, 3.63) is 107 Å². The van der Waals surface area contributed by atoms with Gasteiger partial charge in [0.15, 0.2) is 0 Å². The molecule has 0 spiro atoms. The maximum Gasteiger partial charge on any atom is 0.419 e. The standard InChI is InChI=1S/C27H17F4N2O/c28-22-12-9-16(13-21(22)27(29,30)31)15-33-23-8-4-7-20(26(32)34)25(23)19-11-10-18(14-24(19)33)17-5-2-1-3-6-17/h1-10,12-14H,15H2,(H2,32,34). The van der Waals surface area contributed by atoms with Gasteiger partial charge in [-0.1, -0.05) is 42.5 Å². The van der Waals surface area contributed by atoms with Crippen LogP contribution in [0.1, 0.15) is 21.5 Å². The van der Waals surface area contributed by atoms with Gasteiger partial charge in [-0.3, -0.25) is 4.79 Å². The van der Waals surface area contributed by atoms with Crippen LogP contribution in [-0.4, -0.2) is 10.5 Å². The van der Waals surface area contributed by atoms with Crippen LogP contribution in [0.4, 0.5) is 17.6 Å². The Kier molecular flexibility index (Phi) is 5.12. The van der Waals surface area contributed by atoms with E-state index in [4.69, 9.17) is 5.73 Å². The Morgan fingerprint density at radius 3 is 2.38 bits per heavy atom. The monoisotopic (exact) mass is 461 g/mol. The molecule has 0 aliphatic heterocycles. The number of nitrogens with two attached hydrogens (primary N) is 1. The predicted octanol–water partition coefficient (Wildman–Crippen LogP) is 6.57. The summed E-state index contributed by atoms with van der Waals surface area (Å²) in [5.41, 5.74) is 7.93. The third kappa shape index (κ3) is 3.69. The fourth-order valence-electron chi connectivity index (χ4n) is 4.30. The highest BCUT2D eigenvalue weighted by Crippen LogP contribution is 2.36. The summed E-state index contributed by atoms with van der Waals surface area (Å²) in [6.45, 7) is 0.0255. The molecular formula is C27H17F4N2O. The highest BCUT2D eigenvalue weighted by molar-refractivity contribution is 6.18. The van der Waals surface area contributed by atoms with Crippen LogP contribution in [0.5, 0.6) is 0 Å². The van der Waals surface area contributed by atoms with E-state index in [1.165, 1.54) is 6.07 Å². The molecule has 0 atom stereocenters. The van der Waals surface area contributed by atoms with Crippen LogP contribution in [0.25, 0.3) is 32.9 Å². The maximum atomic E-state index is 13.8. The predicted molar refractivity (Wildman–Crippen MR) is 123 cm³/mol. The molecule has 0 bridgehead atoms. The minimum atomic E-state index is -4.81. The van der Waals surface area contributed by atoms with Gasteiger partial charge in [-0.15, -0.1) is 0 Å². The molecule has 1 heterocycles. The van der Waals surface area contributed by atoms with Crippen molar-refractivity contribution in [1.29, 1.82) is 0 Å². The largest absolute Gasteiger partial charge is 0.419 e. The minimum absolute atomic E-state index is 0.0255. The minimum Gasteiger partial charge on any atom is -0.366 e. The van der Waals surface area contributed by atoms with E-state index in [1.54, 1.807) is 28.8 Å². The van der Waals surface area contributed by atoms with E-state index in [1.807, 2.05) is 36.4 Å². The molecule has 0 aliphatic carbocycles. The topological polar surface area (TPSA) is 48.0 Å². The molecule has 3 nitrogen and oxygen atoms in total. The Morgan fingerprint density at radius 2 is 1.68 bits per heavy atom. The van der Waals surface area contributed by atoms with Gasteiger partial charge in [-0.25, -0.2) is 4.39 Å². The lowest BCUT2D eigenvalue weighted by Gasteiger charge is -2.13. The van der Waals surface area contributed by atoms with Crippen molar-refractivity contribution in [3.8, 4) is 11.1 Å². The zero-order valence-electron chi connectivity index (χ0n) is 17.7. The first-order valence-corrected chi connectivity index (χ1v) is 10.4. The van der Waals surface area contributed by atoms with Crippen molar-refractivity contribution in [2.75, 3.05) is 0 Å². The molecule has 34 heavy (non-hydrogen) atoms. The van der Waals surface area contributed by atoms with Gasteiger partial charge in [0, 0.05) is 22.9 Å². The second-order valence-corrected chi connectivity index (χ2v) is 7.98. The van der Waals surface area contributed by atoms with Crippen LogP contribution in [0.3, 0.4) is 0 Å². The average Bonchev–Trinajstić information content (AvgIpc) is 3.13. The Hall–Kier alpha value is -4.13. The molecule has 1 radical (unpaired) electrons. The summed E-state index contributed by atoms with van der Waals surface area (Å²) in [5.74, 6) is -1.94. The molecule has 5 aromatic rings. The second-order valence-electron chi connectivity index (χ2n) is 7.98. The number of benzene rings is 4. The molecule has 7 heteroatoms. The number of hydrogen-bond donors (Lipinski definition) is 1. The number of carbonyl (C=O) groups excluding carboxylic acids is 1. The van der Waals surface area contributed by atoms with Crippen LogP contribution in [0.2, 0.25) is 0 Å². The highest BCUT2D eigenvalue weighted by atomic mass is 19.4. The summed E-state index contributed by atoms with van der Waals surface area (Å²) >= 11 is 0. The first-order chi connectivity index (χ1) is 16.2. The lowest BCUT2D eigenvalue weighted by molar-refractivity contribution is -0.140. The van der Waals surface area contributed by atoms with Crippen LogP contribution in [0, 0.1) is 11.9 Å². The van der Waals surface area contributed by atoms with Crippen molar-refractivity contribution in [2.24, 2.45) is 5.73 Å². The number of hydrogen-bond acceptors (Lipinski definition) is 1. The van der Waals surface area contributed by atoms with E-state index < -0.39 is 23.5 Å². The van der Waals surface area contributed by atoms with Crippen LogP contribution < -0.4 is 5.73 Å². The third-order valence-corrected chi connectivity index (χ3v) is 5.84. The van der Waals surface area contributed by atoms with Gasteiger partial charge >= 0.3 is 6.18 Å². The van der Waals surface area contributed by atoms with Crippen LogP contribution in [-0.2, 0) is 12.7 Å². The van der Waals surface area contributed by atoms with Gasteiger partial charge < -0.3 is 10.3 Å². The number of aromatic nitrogens is 1. The zero-order valence-corrected chi connectivity index (χ0v) is 17.7. The number of carbonyl (C=O) groups is 1. The summed E-state index contributed by atoms with van der Waals surface area (Å²) in [6.07, 6.45) is -4.81. The van der Waals surface area contributed by atoms with E-state index in [2.05, 4.69) is 6.07 Å². The number of fused-ring (bicyclic) bond motifs is 3. The summed E-state index contributed by atoms with van der Waals surface area (Å²) in [6, 6.07) is 24.5. The van der Waals surface area contributed by atoms with Gasteiger partial charge in [0.25, 0.3) is 0 Å². The summed E-state index contributed by atoms with van der Waals surface area (Å²) < 4.78 is 55.5. The van der Waals surface area contributed by atoms with Gasteiger partial charge in [0.2, 0.25) is 5.91 Å². The second kappa shape index (κ2) is 8.02. The lowest BCUT2D eigenvalue weighted by Crippen LogP contribution is -2.11. The number of primary amides is 1. The number of alkyl halides is 3. The summed E-state index contributed by atoms with van der Waals surface area (Å²) in [4.78, 5) is 12.1. The molecule has 0 fully saturated rings. The lowest BCUT2D eigenvalue weighted by atomic mass is 10.0. The van der Waals surface area contributed by atoms with E-state index in [-0.39, 0.29) is 12.1 Å². The Labute approximate surface area is 192 Å². The Balaban J connectivity index is 1.77. The quantitative estimate of drug-likeness (QED) is 0.303. The summed E-state index contributed by atoms with van der Waals surface area (Å²) in [5, 5.41) is 1.20. The summed E-state index contributed by atoms with van der Waals surface area (Å²) in [7, 11) is 0. The fourth-order valence-corrected chi connectivity index (χ4v) is 4.30. The molecule has 2 N–H and O–H groups in total. The fraction of sp³-hybridized carbons (Fsp3) is 0.0741. The Morgan fingerprint density at radius 1 is 0.912 bits per heavy atom. The average molecular weight is 461 g/mol. The molecule has 0 saturated heterocycles. The van der Waals surface area contributed by atoms with Crippen molar-refractivity contribution in [1.82, 2.24) is 4.57 Å². The van der Waals surface area contributed by atoms with Gasteiger partial charge in [0.1, 0.15) is 5.82 Å². The molecule has 4 aromatic carbocycles. The SMILES string of the molecule is NC(=O)c1cccc2c1c1[c]cc(-c3ccccc3)cc1n2Cc1ccc(F)c(C(F)(F)F)c1. The van der Waals surface area contributed by atoms with Crippen molar-refractivity contribution < 1.29 is 22.4 Å². The Bertz CT molecular complexity index is 1550. The van der Waals surface area contributed by atoms with Crippen LogP contribution in [0.15, 0.2) is 78.9 Å². The highest BCUT2D eigenvalue weighted by Gasteiger charge is 2.34. The van der Waals surface area contributed by atoms with Gasteiger partial charge in [-0.05, 0) is 59.2 Å². The number of amides is 1. The smallest absolute Gasteiger partial charge is 0.366 e. The first kappa shape index (κ1) is 21.7. The molecule has 1 amide bonds. The van der Waals surface area contributed by atoms with E-state index in [9.17, 15) is 22.4 Å². The van der Waals surface area contributed by atoms with Gasteiger partial charge in [0.05, 0.1) is 16.6 Å². The van der Waals surface area contributed by atoms with E-state index in [0.717, 1.165) is 23.3 Å². The number of nitrogens with zero attached hydrogens (tertiary/aromatic N) is 1. The van der Waals surface area contributed by atoms with E-state index >= 15 is 0 Å². The molecule has 1 aromatic heterocycles. The first-order valence-electron chi connectivity index (χ1n) is 10.4. The molecule has 5 rings (SSSR count). The molecular weight excluding hydrogens is 444 g/mol. The normalized spacial score (nSPS) is 11.9. The van der Waals surface area contributed by atoms with Crippen molar-refractivity contribution >= 4 is 27.7 Å². The third-order valence-electron chi connectivity index (χ3n) is 5.84. The number of rotatable bonds is 4. The van der Waals surface area contributed by atoms with Crippen LogP contribution >= 0.6 is 0 Å². The number of halogens is 4. The molecule has 169 valence electrons. The van der Waals surface area contributed by atoms with Gasteiger partial charge in [-0.2, -0.15) is 13.2 Å². The van der Waals surface area contributed by atoms with Crippen molar-refractivity contribution in [2.45, 2.75) is 12.7 Å². The maximum absolute atomic E-state index is 13.8.